The molecule has 0 spiro atoms. The van der Waals surface area contributed by atoms with E-state index < -0.39 is 30.2 Å². The molecule has 0 saturated carbocycles. The van der Waals surface area contributed by atoms with Gasteiger partial charge in [-0.1, -0.05) is 12.2 Å². The second kappa shape index (κ2) is 7.70. The summed E-state index contributed by atoms with van der Waals surface area (Å²) < 4.78 is 66.9. The Morgan fingerprint density at radius 1 is 1.21 bits per heavy atom. The Hall–Kier alpha value is -1.34. The number of halogens is 5. The molecule has 1 atom stereocenters. The van der Waals surface area contributed by atoms with E-state index in [2.05, 4.69) is 0 Å². The van der Waals surface area contributed by atoms with Gasteiger partial charge in [-0.05, 0) is 46.5 Å². The summed E-state index contributed by atoms with van der Waals surface area (Å²) in [6.45, 7) is 5.81. The Balaban J connectivity index is 2.45. The quantitative estimate of drug-likeness (QED) is 0.379. The van der Waals surface area contributed by atoms with Crippen LogP contribution in [0, 0.1) is 0 Å². The molecule has 1 saturated heterocycles. The number of nitrogens with zero attached hydrogens (tertiary/aromatic N) is 1. The summed E-state index contributed by atoms with van der Waals surface area (Å²) in [4.78, 5) is 13.6. The molecule has 0 radical (unpaired) electrons. The fourth-order valence-electron chi connectivity index (χ4n) is 2.38. The summed E-state index contributed by atoms with van der Waals surface area (Å²) >= 11 is 0. The minimum Gasteiger partial charge on any atom is -0.444 e. The van der Waals surface area contributed by atoms with Crippen molar-refractivity contribution in [2.24, 2.45) is 0 Å². The largest absolute Gasteiger partial charge is 0.453 e. The number of carbonyl (C=O) groups excluding carboxylic acids is 1. The molecule has 1 rings (SSSR count). The molecule has 0 aromatic carbocycles. The highest BCUT2D eigenvalue weighted by molar-refractivity contribution is 5.69. The predicted octanol–water partition coefficient (Wildman–Crippen LogP) is 5.31. The van der Waals surface area contributed by atoms with E-state index in [-0.39, 0.29) is 18.9 Å². The molecule has 0 unspecified atom stereocenters. The van der Waals surface area contributed by atoms with E-state index >= 15 is 0 Å². The fraction of sp³-hybridized carbons (Fsp3) is 0.812. The minimum absolute atomic E-state index is 0.102. The molecule has 8 heteroatoms. The number of carbonyl (C=O) groups is 1. The van der Waals surface area contributed by atoms with Gasteiger partial charge < -0.3 is 9.64 Å². The van der Waals surface area contributed by atoms with Crippen LogP contribution in [0.15, 0.2) is 12.2 Å². The Morgan fingerprint density at radius 2 is 1.83 bits per heavy atom. The highest BCUT2D eigenvalue weighted by Crippen LogP contribution is 2.39. The zero-order valence-electron chi connectivity index (χ0n) is 14.1. The van der Waals surface area contributed by atoms with E-state index in [4.69, 9.17) is 4.74 Å². The maximum absolute atomic E-state index is 12.8. The number of rotatable bonds is 5. The minimum atomic E-state index is -5.50. The topological polar surface area (TPSA) is 29.5 Å². The highest BCUT2D eigenvalue weighted by Gasteiger charge is 2.56. The van der Waals surface area contributed by atoms with E-state index in [0.717, 1.165) is 6.42 Å². The third-order valence-corrected chi connectivity index (χ3v) is 3.56. The van der Waals surface area contributed by atoms with Gasteiger partial charge in [0.2, 0.25) is 0 Å². The van der Waals surface area contributed by atoms with Gasteiger partial charge in [0, 0.05) is 13.0 Å². The van der Waals surface area contributed by atoms with Crippen molar-refractivity contribution in [1.29, 1.82) is 0 Å². The van der Waals surface area contributed by atoms with Crippen molar-refractivity contribution in [2.45, 2.75) is 76.6 Å². The molecule has 140 valence electrons. The Kier molecular flexibility index (Phi) is 6.64. The average Bonchev–Trinajstić information content (AvgIpc) is 2.83. The van der Waals surface area contributed by atoms with Crippen LogP contribution in [0.25, 0.3) is 0 Å². The summed E-state index contributed by atoms with van der Waals surface area (Å²) in [7, 11) is 0. The summed E-state index contributed by atoms with van der Waals surface area (Å²) in [5.41, 5.74) is -0.614. The van der Waals surface area contributed by atoms with E-state index in [0.29, 0.717) is 13.0 Å². The Labute approximate surface area is 138 Å². The van der Waals surface area contributed by atoms with Crippen molar-refractivity contribution >= 4 is 6.09 Å². The number of unbranched alkanes of at least 4 members (excludes halogenated alkanes) is 1. The van der Waals surface area contributed by atoms with Crippen molar-refractivity contribution in [3.63, 3.8) is 0 Å². The molecule has 0 aromatic rings. The van der Waals surface area contributed by atoms with Crippen LogP contribution in [0.5, 0.6) is 0 Å². The molecule has 0 aromatic heterocycles. The Bertz CT molecular complexity index is 454. The maximum atomic E-state index is 12.8. The standard InChI is InChI=1S/C16H24F5NO2/c1-14(2,3)24-13(23)22-11-7-9-12(22)8-5-4-6-10-15(17,18)16(19,20)21/h5,8,12H,4,6-7,9-11H2,1-3H3/b8-5-/t12-/m1/s1. The first kappa shape index (κ1) is 20.7. The van der Waals surface area contributed by atoms with Gasteiger partial charge in [-0.25, -0.2) is 4.79 Å². The molecule has 24 heavy (non-hydrogen) atoms. The molecule has 1 aliphatic heterocycles. The lowest BCUT2D eigenvalue weighted by Gasteiger charge is -2.27. The third kappa shape index (κ3) is 6.28. The molecule has 0 aliphatic carbocycles. The first-order valence-electron chi connectivity index (χ1n) is 7.94. The monoisotopic (exact) mass is 357 g/mol. The van der Waals surface area contributed by atoms with E-state index in [1.54, 1.807) is 37.8 Å². The summed E-state index contributed by atoms with van der Waals surface area (Å²) in [6, 6.07) is -0.206. The second-order valence-corrected chi connectivity index (χ2v) is 6.91. The van der Waals surface area contributed by atoms with Crippen LogP contribution >= 0.6 is 0 Å². The molecule has 1 amide bonds. The van der Waals surface area contributed by atoms with Gasteiger partial charge in [0.15, 0.2) is 0 Å². The van der Waals surface area contributed by atoms with Crippen molar-refractivity contribution in [3.8, 4) is 0 Å². The van der Waals surface area contributed by atoms with E-state index in [1.165, 1.54) is 0 Å². The average molecular weight is 357 g/mol. The number of alkyl halides is 5. The van der Waals surface area contributed by atoms with Gasteiger partial charge in [0.1, 0.15) is 5.60 Å². The lowest BCUT2D eigenvalue weighted by atomic mass is 10.1. The molecule has 3 nitrogen and oxygen atoms in total. The van der Waals surface area contributed by atoms with E-state index in [1.807, 2.05) is 0 Å². The van der Waals surface area contributed by atoms with Crippen molar-refractivity contribution in [1.82, 2.24) is 4.90 Å². The van der Waals surface area contributed by atoms with Crippen LogP contribution in [-0.4, -0.2) is 41.3 Å². The van der Waals surface area contributed by atoms with Crippen molar-refractivity contribution in [2.75, 3.05) is 6.54 Å². The molecule has 1 heterocycles. The molecule has 0 bridgehead atoms. The van der Waals surface area contributed by atoms with Gasteiger partial charge in [0.25, 0.3) is 0 Å². The number of hydrogen-bond acceptors (Lipinski definition) is 2. The zero-order chi connectivity index (χ0) is 18.6. The SMILES string of the molecule is CC(C)(C)OC(=O)N1CCC[C@H]1/C=C\CCCC(F)(F)C(F)(F)F. The number of ether oxygens (including phenoxy) is 1. The van der Waals surface area contributed by atoms with Gasteiger partial charge in [0.05, 0.1) is 6.04 Å². The summed E-state index contributed by atoms with van der Waals surface area (Å²) in [5.74, 6) is -4.66. The normalized spacial score (nSPS) is 20.0. The number of amides is 1. The highest BCUT2D eigenvalue weighted by atomic mass is 19.4. The van der Waals surface area contributed by atoms with Crippen LogP contribution in [0.3, 0.4) is 0 Å². The fourth-order valence-corrected chi connectivity index (χ4v) is 2.38. The maximum Gasteiger partial charge on any atom is 0.453 e. The van der Waals surface area contributed by atoms with Crippen molar-refractivity contribution in [3.05, 3.63) is 12.2 Å². The summed E-state index contributed by atoms with van der Waals surface area (Å²) in [6.07, 6.45) is -2.61. The number of hydrogen-bond donors (Lipinski definition) is 0. The van der Waals surface area contributed by atoms with Crippen LogP contribution in [0.4, 0.5) is 26.7 Å². The van der Waals surface area contributed by atoms with Gasteiger partial charge >= 0.3 is 18.2 Å². The van der Waals surface area contributed by atoms with Crippen molar-refractivity contribution < 1.29 is 31.5 Å². The Morgan fingerprint density at radius 3 is 2.38 bits per heavy atom. The van der Waals surface area contributed by atoms with Crippen LogP contribution < -0.4 is 0 Å². The third-order valence-electron chi connectivity index (χ3n) is 3.56. The van der Waals surface area contributed by atoms with Gasteiger partial charge in [-0.15, -0.1) is 0 Å². The van der Waals surface area contributed by atoms with Crippen LogP contribution in [0.2, 0.25) is 0 Å². The first-order chi connectivity index (χ1) is 10.8. The smallest absolute Gasteiger partial charge is 0.444 e. The molecule has 1 fully saturated rings. The molecular weight excluding hydrogens is 333 g/mol. The van der Waals surface area contributed by atoms with Gasteiger partial charge in [-0.3, -0.25) is 0 Å². The summed E-state index contributed by atoms with van der Waals surface area (Å²) in [5, 5.41) is 0. The van der Waals surface area contributed by atoms with Crippen LogP contribution in [0.1, 0.15) is 52.9 Å². The lowest BCUT2D eigenvalue weighted by Crippen LogP contribution is -2.39. The lowest BCUT2D eigenvalue weighted by molar-refractivity contribution is -0.284. The predicted molar refractivity (Wildman–Crippen MR) is 80.0 cm³/mol. The molecular formula is C16H24F5NO2. The van der Waals surface area contributed by atoms with Crippen LogP contribution in [-0.2, 0) is 4.74 Å². The second-order valence-electron chi connectivity index (χ2n) is 6.91. The zero-order valence-corrected chi connectivity index (χ0v) is 14.1. The van der Waals surface area contributed by atoms with E-state index in [9.17, 15) is 26.7 Å². The number of likely N-dealkylation sites (tertiary alicyclic amines) is 1. The first-order valence-corrected chi connectivity index (χ1v) is 7.94. The molecule has 0 N–H and O–H groups in total. The number of allylic oxidation sites excluding steroid dienone is 1. The molecule has 1 aliphatic rings. The van der Waals surface area contributed by atoms with Gasteiger partial charge in [-0.2, -0.15) is 22.0 Å².